The van der Waals surface area contributed by atoms with Gasteiger partial charge in [0.05, 0.1) is 17.3 Å². The van der Waals surface area contributed by atoms with Gasteiger partial charge in [0.2, 0.25) is 0 Å². The number of aromatic nitrogens is 2. The van der Waals surface area contributed by atoms with Gasteiger partial charge in [0.25, 0.3) is 5.91 Å². The van der Waals surface area contributed by atoms with Gasteiger partial charge in [0.1, 0.15) is 0 Å². The first-order valence-electron chi connectivity index (χ1n) is 10.0. The van der Waals surface area contributed by atoms with E-state index in [-0.39, 0.29) is 5.91 Å². The summed E-state index contributed by atoms with van der Waals surface area (Å²) >= 11 is 0. The van der Waals surface area contributed by atoms with Gasteiger partial charge in [-0.1, -0.05) is 19.3 Å². The van der Waals surface area contributed by atoms with Crippen molar-refractivity contribution in [3.63, 3.8) is 0 Å². The van der Waals surface area contributed by atoms with Gasteiger partial charge in [-0.2, -0.15) is 5.10 Å². The third-order valence-electron chi connectivity index (χ3n) is 5.76. The first-order valence-corrected chi connectivity index (χ1v) is 10.0. The van der Waals surface area contributed by atoms with Crippen LogP contribution in [0.5, 0.6) is 0 Å². The number of rotatable bonds is 5. The molecule has 4 rings (SSSR count). The van der Waals surface area contributed by atoms with E-state index in [1.807, 2.05) is 18.3 Å². The van der Waals surface area contributed by atoms with Crippen LogP contribution in [0.1, 0.15) is 55.3 Å². The zero-order valence-corrected chi connectivity index (χ0v) is 15.3. The first-order chi connectivity index (χ1) is 12.8. The third-order valence-corrected chi connectivity index (χ3v) is 5.76. The first kappa shape index (κ1) is 17.3. The van der Waals surface area contributed by atoms with Crippen molar-refractivity contribution in [3.8, 4) is 0 Å². The molecular formula is C20H29N5O. The summed E-state index contributed by atoms with van der Waals surface area (Å²) in [6, 6.07) is 4.39. The average molecular weight is 355 g/mol. The van der Waals surface area contributed by atoms with Crippen LogP contribution in [-0.2, 0) is 0 Å². The number of amides is 1. The molecule has 3 N–H and O–H groups in total. The Morgan fingerprint density at radius 2 is 2.00 bits per heavy atom. The van der Waals surface area contributed by atoms with Gasteiger partial charge in [-0.25, -0.2) is 4.52 Å². The van der Waals surface area contributed by atoms with Crippen molar-refractivity contribution >= 4 is 17.1 Å². The molecule has 26 heavy (non-hydrogen) atoms. The van der Waals surface area contributed by atoms with E-state index in [0.717, 1.165) is 43.7 Å². The molecule has 0 radical (unpaired) electrons. The second kappa shape index (κ2) is 8.08. The van der Waals surface area contributed by atoms with Crippen LogP contribution in [-0.4, -0.2) is 41.2 Å². The Kier molecular flexibility index (Phi) is 5.39. The van der Waals surface area contributed by atoms with Gasteiger partial charge >= 0.3 is 0 Å². The van der Waals surface area contributed by atoms with Gasteiger partial charge in [-0.3, -0.25) is 4.79 Å². The number of piperidine rings is 1. The van der Waals surface area contributed by atoms with E-state index in [1.165, 1.54) is 32.1 Å². The van der Waals surface area contributed by atoms with Crippen molar-refractivity contribution in [1.29, 1.82) is 0 Å². The molecule has 2 aliphatic rings. The van der Waals surface area contributed by atoms with Crippen molar-refractivity contribution in [2.75, 3.05) is 25.0 Å². The summed E-state index contributed by atoms with van der Waals surface area (Å²) in [5.74, 6) is 0.717. The Bertz CT molecular complexity index is 744. The summed E-state index contributed by atoms with van der Waals surface area (Å²) < 4.78 is 1.78. The number of nitrogens with zero attached hydrogens (tertiary/aromatic N) is 2. The van der Waals surface area contributed by atoms with Crippen LogP contribution in [0.2, 0.25) is 0 Å². The van der Waals surface area contributed by atoms with Gasteiger partial charge in [-0.15, -0.1) is 0 Å². The minimum Gasteiger partial charge on any atom is -0.385 e. The average Bonchev–Trinajstić information content (AvgIpc) is 3.11. The monoisotopic (exact) mass is 355 g/mol. The molecule has 1 aliphatic carbocycles. The van der Waals surface area contributed by atoms with Gasteiger partial charge in [0, 0.05) is 24.5 Å². The topological polar surface area (TPSA) is 70.5 Å². The van der Waals surface area contributed by atoms with Crippen molar-refractivity contribution < 1.29 is 4.79 Å². The van der Waals surface area contributed by atoms with Crippen LogP contribution in [0.3, 0.4) is 0 Å². The molecule has 1 saturated heterocycles. The molecule has 0 aromatic carbocycles. The Morgan fingerprint density at radius 3 is 2.81 bits per heavy atom. The molecule has 6 nitrogen and oxygen atoms in total. The molecule has 2 aromatic heterocycles. The number of hydrogen-bond donors (Lipinski definition) is 3. The zero-order chi connectivity index (χ0) is 17.8. The summed E-state index contributed by atoms with van der Waals surface area (Å²) in [5.41, 5.74) is 2.60. The summed E-state index contributed by atoms with van der Waals surface area (Å²) in [5, 5.41) is 14.5. The maximum atomic E-state index is 12.7. The van der Waals surface area contributed by atoms with Crippen LogP contribution in [0.15, 0.2) is 24.5 Å². The lowest BCUT2D eigenvalue weighted by molar-refractivity contribution is 0.0929. The minimum atomic E-state index is 0.00223. The summed E-state index contributed by atoms with van der Waals surface area (Å²) in [6.07, 6.45) is 11.9. The van der Waals surface area contributed by atoms with Gasteiger partial charge in [0.15, 0.2) is 0 Å². The Hall–Kier alpha value is -2.08. The molecule has 0 unspecified atom stereocenters. The van der Waals surface area contributed by atoms with Crippen molar-refractivity contribution in [2.45, 2.75) is 51.0 Å². The summed E-state index contributed by atoms with van der Waals surface area (Å²) in [7, 11) is 0. The molecule has 1 amide bonds. The number of nitrogens with one attached hydrogen (secondary N) is 3. The Labute approximate surface area is 154 Å². The SMILES string of the molecule is O=C(NC1CCCCC1)c1cnn2ccc(NCC3CCNCC3)cc12. The Balaban J connectivity index is 1.44. The number of carbonyl (C=O) groups excluding carboxylic acids is 1. The molecule has 1 saturated carbocycles. The highest BCUT2D eigenvalue weighted by molar-refractivity contribution is 6.01. The van der Waals surface area contributed by atoms with E-state index in [9.17, 15) is 4.79 Å². The fourth-order valence-electron chi connectivity index (χ4n) is 4.12. The maximum absolute atomic E-state index is 12.7. The molecule has 2 aromatic rings. The lowest BCUT2D eigenvalue weighted by atomic mass is 9.95. The second-order valence-corrected chi connectivity index (χ2v) is 7.69. The van der Waals surface area contributed by atoms with E-state index >= 15 is 0 Å². The van der Waals surface area contributed by atoms with Crippen LogP contribution >= 0.6 is 0 Å². The molecular weight excluding hydrogens is 326 g/mol. The highest BCUT2D eigenvalue weighted by Crippen LogP contribution is 2.21. The van der Waals surface area contributed by atoms with Crippen molar-refractivity contribution in [3.05, 3.63) is 30.1 Å². The van der Waals surface area contributed by atoms with Crippen LogP contribution < -0.4 is 16.0 Å². The summed E-state index contributed by atoms with van der Waals surface area (Å²) in [6.45, 7) is 3.20. The van der Waals surface area contributed by atoms with E-state index in [4.69, 9.17) is 0 Å². The third kappa shape index (κ3) is 4.01. The highest BCUT2D eigenvalue weighted by atomic mass is 16.1. The fraction of sp³-hybridized carbons (Fsp3) is 0.600. The number of pyridine rings is 1. The van der Waals surface area contributed by atoms with Crippen LogP contribution in [0.4, 0.5) is 5.69 Å². The normalized spacial score (nSPS) is 19.5. The fourth-order valence-corrected chi connectivity index (χ4v) is 4.12. The quantitative estimate of drug-likeness (QED) is 0.771. The molecule has 6 heteroatoms. The minimum absolute atomic E-state index is 0.00223. The van der Waals surface area contributed by atoms with E-state index in [2.05, 4.69) is 21.0 Å². The van der Waals surface area contributed by atoms with E-state index < -0.39 is 0 Å². The number of carbonyl (C=O) groups is 1. The van der Waals surface area contributed by atoms with Crippen LogP contribution in [0, 0.1) is 5.92 Å². The number of anilines is 1. The van der Waals surface area contributed by atoms with Gasteiger partial charge in [-0.05, 0) is 56.8 Å². The molecule has 0 spiro atoms. The largest absolute Gasteiger partial charge is 0.385 e. The Morgan fingerprint density at radius 1 is 1.19 bits per heavy atom. The molecule has 2 fully saturated rings. The van der Waals surface area contributed by atoms with E-state index in [0.29, 0.717) is 17.5 Å². The zero-order valence-electron chi connectivity index (χ0n) is 15.3. The predicted molar refractivity (Wildman–Crippen MR) is 104 cm³/mol. The van der Waals surface area contributed by atoms with Crippen molar-refractivity contribution in [1.82, 2.24) is 20.2 Å². The molecule has 140 valence electrons. The maximum Gasteiger partial charge on any atom is 0.255 e. The van der Waals surface area contributed by atoms with Gasteiger partial charge < -0.3 is 16.0 Å². The van der Waals surface area contributed by atoms with E-state index in [1.54, 1.807) is 10.7 Å². The molecule has 0 bridgehead atoms. The lowest BCUT2D eigenvalue weighted by Crippen LogP contribution is -2.36. The predicted octanol–water partition coefficient (Wildman–Crippen LogP) is 2.81. The molecule has 1 aliphatic heterocycles. The highest BCUT2D eigenvalue weighted by Gasteiger charge is 2.19. The molecule has 3 heterocycles. The summed E-state index contributed by atoms with van der Waals surface area (Å²) in [4.78, 5) is 12.7. The van der Waals surface area contributed by atoms with Crippen LogP contribution in [0.25, 0.3) is 5.52 Å². The second-order valence-electron chi connectivity index (χ2n) is 7.69. The number of fused-ring (bicyclic) bond motifs is 1. The smallest absolute Gasteiger partial charge is 0.255 e. The lowest BCUT2D eigenvalue weighted by Gasteiger charge is -2.23. The molecule has 0 atom stereocenters. The number of hydrogen-bond acceptors (Lipinski definition) is 4. The standard InChI is InChI=1S/C20H29N5O/c26-20(24-16-4-2-1-3-5-16)18-14-23-25-11-8-17(12-19(18)25)22-13-15-6-9-21-10-7-15/h8,11-12,14-16,21-22H,1-7,9-10,13H2,(H,24,26). The van der Waals surface area contributed by atoms with Crippen molar-refractivity contribution in [2.24, 2.45) is 5.92 Å².